The third-order valence-electron chi connectivity index (χ3n) is 3.44. The van der Waals surface area contributed by atoms with Gasteiger partial charge in [-0.3, -0.25) is 4.79 Å². The van der Waals surface area contributed by atoms with Crippen LogP contribution in [-0.2, 0) is 9.53 Å². The molecular weight excluding hydrogens is 415 g/mol. The average molecular weight is 426 g/mol. The van der Waals surface area contributed by atoms with Crippen molar-refractivity contribution in [2.45, 2.75) is 0 Å². The van der Waals surface area contributed by atoms with Gasteiger partial charge in [-0.25, -0.2) is 9.78 Å². The molecule has 9 heteroatoms. The van der Waals surface area contributed by atoms with E-state index >= 15 is 0 Å². The Bertz CT molecular complexity index is 950. The second-order valence-electron chi connectivity index (χ2n) is 5.31. The van der Waals surface area contributed by atoms with E-state index < -0.39 is 18.5 Å². The smallest absolute Gasteiger partial charge is 0.338 e. The van der Waals surface area contributed by atoms with Gasteiger partial charge < -0.3 is 14.5 Å². The van der Waals surface area contributed by atoms with Crippen LogP contribution in [0, 0.1) is 0 Å². The predicted molar refractivity (Wildman–Crippen MR) is 102 cm³/mol. The first-order valence-corrected chi connectivity index (χ1v) is 8.68. The first-order valence-electron chi connectivity index (χ1n) is 7.54. The van der Waals surface area contributed by atoms with E-state index in [0.29, 0.717) is 10.8 Å². The van der Waals surface area contributed by atoms with E-state index in [1.54, 1.807) is 30.5 Å². The standard InChI is InChI=1S/C18H11Cl3N2O4/c19-12-5-13(20)17(14(21)6-12)23-16(24)8-26-18(25)11-3-1-10(2-4-11)15-7-22-9-27-15/h1-7,9H,8H2,(H,23,24). The van der Waals surface area contributed by atoms with Gasteiger partial charge in [-0.1, -0.05) is 46.9 Å². The third kappa shape index (κ3) is 4.80. The molecular formula is C18H11Cl3N2O4. The lowest BCUT2D eigenvalue weighted by molar-refractivity contribution is -0.119. The molecule has 3 rings (SSSR count). The van der Waals surface area contributed by atoms with Crippen molar-refractivity contribution in [2.75, 3.05) is 11.9 Å². The maximum atomic E-state index is 12.1. The van der Waals surface area contributed by atoms with Crippen LogP contribution in [0.4, 0.5) is 5.69 Å². The first-order chi connectivity index (χ1) is 12.9. The first kappa shape index (κ1) is 19.2. The molecule has 138 valence electrons. The fourth-order valence-corrected chi connectivity index (χ4v) is 3.09. The molecule has 0 unspecified atom stereocenters. The lowest BCUT2D eigenvalue weighted by Crippen LogP contribution is -2.21. The molecule has 1 N–H and O–H groups in total. The lowest BCUT2D eigenvalue weighted by atomic mass is 10.1. The van der Waals surface area contributed by atoms with E-state index in [1.165, 1.54) is 18.5 Å². The number of nitrogens with one attached hydrogen (secondary N) is 1. The maximum Gasteiger partial charge on any atom is 0.338 e. The molecule has 1 heterocycles. The van der Waals surface area contributed by atoms with Crippen LogP contribution in [0.5, 0.6) is 0 Å². The highest BCUT2D eigenvalue weighted by Crippen LogP contribution is 2.33. The van der Waals surface area contributed by atoms with Crippen LogP contribution in [0.1, 0.15) is 10.4 Å². The minimum Gasteiger partial charge on any atom is -0.452 e. The SMILES string of the molecule is O=C(COC(=O)c1ccc(-c2cnco2)cc1)Nc1c(Cl)cc(Cl)cc1Cl. The Hall–Kier alpha value is -2.54. The number of nitrogens with zero attached hydrogens (tertiary/aromatic N) is 1. The van der Waals surface area contributed by atoms with Crippen LogP contribution in [0.15, 0.2) is 53.4 Å². The van der Waals surface area contributed by atoms with Crippen LogP contribution in [0.3, 0.4) is 0 Å². The fraction of sp³-hybridized carbons (Fsp3) is 0.0556. The third-order valence-corrected chi connectivity index (χ3v) is 4.26. The van der Waals surface area contributed by atoms with E-state index in [0.717, 1.165) is 5.56 Å². The van der Waals surface area contributed by atoms with E-state index in [9.17, 15) is 9.59 Å². The largest absolute Gasteiger partial charge is 0.452 e. The van der Waals surface area contributed by atoms with Crippen molar-refractivity contribution >= 4 is 52.4 Å². The number of ether oxygens (including phenoxy) is 1. The molecule has 6 nitrogen and oxygen atoms in total. The van der Waals surface area contributed by atoms with Gasteiger partial charge in [-0.2, -0.15) is 0 Å². The molecule has 0 aliphatic carbocycles. The number of anilines is 1. The zero-order valence-electron chi connectivity index (χ0n) is 13.5. The molecule has 0 spiro atoms. The quantitative estimate of drug-likeness (QED) is 0.575. The molecule has 1 aromatic heterocycles. The molecule has 3 aromatic rings. The fourth-order valence-electron chi connectivity index (χ4n) is 2.18. The molecule has 0 aliphatic rings. The van der Waals surface area contributed by atoms with Gasteiger partial charge in [0.2, 0.25) is 0 Å². The number of amides is 1. The highest BCUT2D eigenvalue weighted by molar-refractivity contribution is 6.42. The Labute approximate surface area is 169 Å². The summed E-state index contributed by atoms with van der Waals surface area (Å²) in [6, 6.07) is 9.37. The molecule has 27 heavy (non-hydrogen) atoms. The van der Waals surface area contributed by atoms with Gasteiger partial charge in [0, 0.05) is 10.6 Å². The number of benzene rings is 2. The van der Waals surface area contributed by atoms with Crippen LogP contribution >= 0.6 is 34.8 Å². The normalized spacial score (nSPS) is 10.5. The van der Waals surface area contributed by atoms with E-state index in [4.69, 9.17) is 44.0 Å². The number of rotatable bonds is 5. The summed E-state index contributed by atoms with van der Waals surface area (Å²) in [5, 5.41) is 3.17. The van der Waals surface area contributed by atoms with Crippen molar-refractivity contribution in [2.24, 2.45) is 0 Å². The summed E-state index contributed by atoms with van der Waals surface area (Å²) < 4.78 is 10.2. The van der Waals surface area contributed by atoms with Gasteiger partial charge in [-0.05, 0) is 24.3 Å². The summed E-state index contributed by atoms with van der Waals surface area (Å²) >= 11 is 17.8. The Balaban J connectivity index is 1.58. The zero-order chi connectivity index (χ0) is 19.4. The number of hydrogen-bond donors (Lipinski definition) is 1. The summed E-state index contributed by atoms with van der Waals surface area (Å²) in [6.07, 6.45) is 2.88. The van der Waals surface area contributed by atoms with Crippen molar-refractivity contribution in [1.82, 2.24) is 4.98 Å². The average Bonchev–Trinajstić information content (AvgIpc) is 3.17. The van der Waals surface area contributed by atoms with Crippen LogP contribution in [0.2, 0.25) is 15.1 Å². The highest BCUT2D eigenvalue weighted by atomic mass is 35.5. The van der Waals surface area contributed by atoms with E-state index in [1.807, 2.05) is 0 Å². The van der Waals surface area contributed by atoms with Crippen LogP contribution < -0.4 is 5.32 Å². The zero-order valence-corrected chi connectivity index (χ0v) is 15.8. The molecule has 0 saturated heterocycles. The Morgan fingerprint density at radius 1 is 1.07 bits per heavy atom. The minimum atomic E-state index is -0.650. The monoisotopic (exact) mass is 424 g/mol. The molecule has 0 aliphatic heterocycles. The molecule has 0 atom stereocenters. The van der Waals surface area contributed by atoms with Crippen molar-refractivity contribution < 1.29 is 18.7 Å². The highest BCUT2D eigenvalue weighted by Gasteiger charge is 2.14. The van der Waals surface area contributed by atoms with Crippen molar-refractivity contribution in [3.05, 3.63) is 69.6 Å². The van der Waals surface area contributed by atoms with Crippen molar-refractivity contribution in [3.63, 3.8) is 0 Å². The van der Waals surface area contributed by atoms with Gasteiger partial charge in [0.05, 0.1) is 27.5 Å². The minimum absolute atomic E-state index is 0.176. The molecule has 0 saturated carbocycles. The maximum absolute atomic E-state index is 12.1. The molecule has 0 radical (unpaired) electrons. The summed E-state index contributed by atoms with van der Waals surface area (Å²) in [5.74, 6) is -0.665. The summed E-state index contributed by atoms with van der Waals surface area (Å²) in [4.78, 5) is 27.9. The Kier molecular flexibility index (Phi) is 6.01. The van der Waals surface area contributed by atoms with Crippen molar-refractivity contribution in [1.29, 1.82) is 0 Å². The number of halogens is 3. The summed E-state index contributed by atoms with van der Waals surface area (Å²) in [7, 11) is 0. The number of carbonyl (C=O) groups excluding carboxylic acids is 2. The second-order valence-corrected chi connectivity index (χ2v) is 6.56. The number of oxazole rings is 1. The molecule has 1 amide bonds. The van der Waals surface area contributed by atoms with E-state index in [2.05, 4.69) is 10.3 Å². The number of esters is 1. The Morgan fingerprint density at radius 2 is 1.74 bits per heavy atom. The summed E-state index contributed by atoms with van der Waals surface area (Å²) in [6.45, 7) is -0.502. The molecule has 0 fully saturated rings. The Morgan fingerprint density at radius 3 is 2.33 bits per heavy atom. The number of hydrogen-bond acceptors (Lipinski definition) is 5. The number of carbonyl (C=O) groups is 2. The van der Waals surface area contributed by atoms with Crippen molar-refractivity contribution in [3.8, 4) is 11.3 Å². The van der Waals surface area contributed by atoms with Crippen LogP contribution in [0.25, 0.3) is 11.3 Å². The van der Waals surface area contributed by atoms with Crippen LogP contribution in [-0.4, -0.2) is 23.5 Å². The topological polar surface area (TPSA) is 81.4 Å². The second kappa shape index (κ2) is 8.43. The van der Waals surface area contributed by atoms with Gasteiger partial charge in [-0.15, -0.1) is 0 Å². The van der Waals surface area contributed by atoms with Gasteiger partial charge in [0.25, 0.3) is 5.91 Å². The van der Waals surface area contributed by atoms with Gasteiger partial charge in [0.15, 0.2) is 18.8 Å². The van der Waals surface area contributed by atoms with E-state index in [-0.39, 0.29) is 21.3 Å². The predicted octanol–water partition coefficient (Wildman–Crippen LogP) is 5.10. The molecule has 0 bridgehead atoms. The lowest BCUT2D eigenvalue weighted by Gasteiger charge is -2.10. The summed E-state index contributed by atoms with van der Waals surface area (Å²) in [5.41, 5.74) is 1.24. The molecule has 2 aromatic carbocycles. The van der Waals surface area contributed by atoms with Gasteiger partial charge in [0.1, 0.15) is 0 Å². The number of aromatic nitrogens is 1. The van der Waals surface area contributed by atoms with Gasteiger partial charge >= 0.3 is 5.97 Å².